The first kappa shape index (κ1) is 20.5. The van der Waals surface area contributed by atoms with E-state index in [-0.39, 0.29) is 12.1 Å². The number of benzene rings is 1. The Balaban J connectivity index is 1.44. The largest absolute Gasteiger partial charge is 0.481 e. The molecule has 3 aliphatic carbocycles. The van der Waals surface area contributed by atoms with Gasteiger partial charge in [0.15, 0.2) is 11.5 Å². The molecule has 2 N–H and O–H groups in total. The standard InChI is InChI=1S/C26H34N2O4/c1-15-9-10-26(30)19-13-17-7-8-18(31-23(29)27-24(2,3)4)21-20(17)25(26,22(15)32-21)11-12-28(19)14-16-5-6-16/h7-8,16,19,22,30H,1,5-6,9-14H2,2-4H3,(H,27,29)/t19?,22-,25-,26+/m0/s1. The summed E-state index contributed by atoms with van der Waals surface area (Å²) in [5, 5.41) is 15.2. The van der Waals surface area contributed by atoms with Gasteiger partial charge in [0.05, 0.1) is 11.0 Å². The number of ether oxygens (including phenoxy) is 2. The summed E-state index contributed by atoms with van der Waals surface area (Å²) < 4.78 is 12.3. The molecule has 0 aromatic heterocycles. The van der Waals surface area contributed by atoms with Crippen molar-refractivity contribution in [2.24, 2.45) is 5.92 Å². The summed E-state index contributed by atoms with van der Waals surface area (Å²) in [5.74, 6) is 1.85. The van der Waals surface area contributed by atoms with Gasteiger partial charge < -0.3 is 19.9 Å². The summed E-state index contributed by atoms with van der Waals surface area (Å²) >= 11 is 0. The van der Waals surface area contributed by atoms with Crippen molar-refractivity contribution in [2.45, 2.75) is 88.0 Å². The highest BCUT2D eigenvalue weighted by Crippen LogP contribution is 2.66. The molecule has 2 heterocycles. The Hall–Kier alpha value is -2.05. The Bertz CT molecular complexity index is 1010. The van der Waals surface area contributed by atoms with Crippen LogP contribution in [0, 0.1) is 5.92 Å². The molecule has 32 heavy (non-hydrogen) atoms. The first-order chi connectivity index (χ1) is 15.1. The van der Waals surface area contributed by atoms with Crippen LogP contribution in [0.5, 0.6) is 11.5 Å². The smallest absolute Gasteiger partial charge is 0.413 e. The summed E-state index contributed by atoms with van der Waals surface area (Å²) in [6.07, 6.45) is 4.99. The highest BCUT2D eigenvalue weighted by Gasteiger charge is 2.72. The molecule has 2 aliphatic heterocycles. The molecule has 4 atom stereocenters. The van der Waals surface area contributed by atoms with Gasteiger partial charge in [-0.25, -0.2) is 4.79 Å². The zero-order valence-corrected chi connectivity index (χ0v) is 19.4. The number of nitrogens with one attached hydrogen (secondary N) is 1. The van der Waals surface area contributed by atoms with E-state index < -0.39 is 22.6 Å². The van der Waals surface area contributed by atoms with Crippen molar-refractivity contribution in [3.63, 3.8) is 0 Å². The lowest BCUT2D eigenvalue weighted by Crippen LogP contribution is -2.75. The molecule has 1 aromatic carbocycles. The van der Waals surface area contributed by atoms with Crippen LogP contribution in [-0.4, -0.2) is 52.5 Å². The third-order valence-corrected chi connectivity index (χ3v) is 8.38. The van der Waals surface area contributed by atoms with E-state index in [1.165, 1.54) is 18.4 Å². The lowest BCUT2D eigenvalue weighted by Gasteiger charge is -2.63. The monoisotopic (exact) mass is 438 g/mol. The third kappa shape index (κ3) is 2.75. The predicted octanol–water partition coefficient (Wildman–Crippen LogP) is 3.69. The molecule has 1 saturated heterocycles. The minimum Gasteiger partial charge on any atom is -0.481 e. The molecule has 6 nitrogen and oxygen atoms in total. The van der Waals surface area contributed by atoms with Crippen molar-refractivity contribution in [2.75, 3.05) is 13.1 Å². The average Bonchev–Trinajstić information content (AvgIpc) is 3.43. The number of likely N-dealkylation sites (tertiary alicyclic amines) is 1. The van der Waals surface area contributed by atoms with Crippen molar-refractivity contribution in [3.8, 4) is 11.5 Å². The van der Waals surface area contributed by atoms with Crippen LogP contribution >= 0.6 is 0 Å². The molecule has 5 aliphatic rings. The van der Waals surface area contributed by atoms with Gasteiger partial charge in [-0.2, -0.15) is 0 Å². The quantitative estimate of drug-likeness (QED) is 0.705. The van der Waals surface area contributed by atoms with Crippen molar-refractivity contribution in [1.29, 1.82) is 0 Å². The summed E-state index contributed by atoms with van der Waals surface area (Å²) in [6.45, 7) is 12.2. The van der Waals surface area contributed by atoms with E-state index >= 15 is 0 Å². The SMILES string of the molecule is C=C1CC[C@@]2(O)C3Cc4ccc(OC(=O)NC(C)(C)C)c5c4[C@@]2(CCN3CC2CC2)[C@H]1O5. The molecule has 1 unspecified atom stereocenters. The highest BCUT2D eigenvalue weighted by atomic mass is 16.6. The van der Waals surface area contributed by atoms with Gasteiger partial charge in [0.2, 0.25) is 0 Å². The Morgan fingerprint density at radius 3 is 2.84 bits per heavy atom. The number of carbonyl (C=O) groups excluding carboxylic acids is 1. The minimum atomic E-state index is -0.851. The number of hydrogen-bond donors (Lipinski definition) is 2. The van der Waals surface area contributed by atoms with E-state index in [1.54, 1.807) is 0 Å². The lowest BCUT2D eigenvalue weighted by atomic mass is 9.48. The van der Waals surface area contributed by atoms with Crippen LogP contribution in [0.25, 0.3) is 0 Å². The molecule has 1 amide bonds. The molecule has 0 radical (unpaired) electrons. The van der Waals surface area contributed by atoms with E-state index in [0.717, 1.165) is 49.4 Å². The second kappa shape index (κ2) is 6.51. The summed E-state index contributed by atoms with van der Waals surface area (Å²) in [5.41, 5.74) is 1.57. The molecule has 1 spiro atoms. The van der Waals surface area contributed by atoms with Crippen molar-refractivity contribution in [3.05, 3.63) is 35.4 Å². The van der Waals surface area contributed by atoms with Gasteiger partial charge in [-0.15, -0.1) is 0 Å². The van der Waals surface area contributed by atoms with Gasteiger partial charge in [0.1, 0.15) is 6.10 Å². The van der Waals surface area contributed by atoms with Gasteiger partial charge >= 0.3 is 6.09 Å². The summed E-state index contributed by atoms with van der Waals surface area (Å²) in [4.78, 5) is 15.1. The number of rotatable bonds is 3. The zero-order chi connectivity index (χ0) is 22.5. The fourth-order valence-electron chi connectivity index (χ4n) is 6.89. The number of nitrogens with zero attached hydrogens (tertiary/aromatic N) is 1. The van der Waals surface area contributed by atoms with Crippen LogP contribution < -0.4 is 14.8 Å². The maximum Gasteiger partial charge on any atom is 0.413 e. The van der Waals surface area contributed by atoms with E-state index in [2.05, 4.69) is 22.9 Å². The number of piperidine rings is 1. The van der Waals surface area contributed by atoms with Crippen LogP contribution in [0.15, 0.2) is 24.3 Å². The summed E-state index contributed by atoms with van der Waals surface area (Å²) in [7, 11) is 0. The second-order valence-corrected chi connectivity index (χ2v) is 11.7. The van der Waals surface area contributed by atoms with Crippen LogP contribution in [0.2, 0.25) is 0 Å². The van der Waals surface area contributed by atoms with E-state index in [4.69, 9.17) is 9.47 Å². The molecule has 2 bridgehead atoms. The van der Waals surface area contributed by atoms with Gasteiger partial charge in [-0.05, 0) is 89.0 Å². The minimum absolute atomic E-state index is 0.102. The molecule has 6 heteroatoms. The van der Waals surface area contributed by atoms with Crippen LogP contribution in [0.3, 0.4) is 0 Å². The van der Waals surface area contributed by atoms with Crippen molar-refractivity contribution >= 4 is 6.09 Å². The topological polar surface area (TPSA) is 71.0 Å². The predicted molar refractivity (Wildman–Crippen MR) is 121 cm³/mol. The third-order valence-electron chi connectivity index (χ3n) is 8.38. The van der Waals surface area contributed by atoms with Crippen LogP contribution in [0.1, 0.15) is 64.0 Å². The number of hydrogen-bond acceptors (Lipinski definition) is 5. The van der Waals surface area contributed by atoms with Crippen molar-refractivity contribution in [1.82, 2.24) is 10.2 Å². The van der Waals surface area contributed by atoms with E-state index in [0.29, 0.717) is 17.9 Å². The molecule has 2 saturated carbocycles. The van der Waals surface area contributed by atoms with Gasteiger partial charge in [0.25, 0.3) is 0 Å². The molecule has 3 fully saturated rings. The second-order valence-electron chi connectivity index (χ2n) is 11.7. The molecule has 6 rings (SSSR count). The first-order valence-electron chi connectivity index (χ1n) is 12.1. The van der Waals surface area contributed by atoms with E-state index in [1.807, 2.05) is 26.8 Å². The average molecular weight is 439 g/mol. The lowest BCUT2D eigenvalue weighted by molar-refractivity contribution is -0.174. The number of aliphatic hydroxyl groups is 1. The Morgan fingerprint density at radius 2 is 2.12 bits per heavy atom. The highest BCUT2D eigenvalue weighted by molar-refractivity contribution is 5.74. The number of carbonyl (C=O) groups is 1. The maximum absolute atomic E-state index is 12.5. The van der Waals surface area contributed by atoms with Gasteiger partial charge in [-0.1, -0.05) is 12.6 Å². The Kier molecular flexibility index (Phi) is 4.18. The van der Waals surface area contributed by atoms with Gasteiger partial charge in [0, 0.05) is 23.7 Å². The van der Waals surface area contributed by atoms with Gasteiger partial charge in [-0.3, -0.25) is 4.90 Å². The van der Waals surface area contributed by atoms with E-state index in [9.17, 15) is 9.90 Å². The number of amides is 1. The summed E-state index contributed by atoms with van der Waals surface area (Å²) in [6, 6.07) is 4.04. The van der Waals surface area contributed by atoms with Crippen molar-refractivity contribution < 1.29 is 19.4 Å². The fourth-order valence-corrected chi connectivity index (χ4v) is 6.89. The van der Waals surface area contributed by atoms with Crippen LogP contribution in [-0.2, 0) is 11.8 Å². The zero-order valence-electron chi connectivity index (χ0n) is 19.4. The molecule has 172 valence electrons. The fraction of sp³-hybridized carbons (Fsp3) is 0.654. The molecular weight excluding hydrogens is 404 g/mol. The molecular formula is C26H34N2O4. The Morgan fingerprint density at radius 1 is 1.34 bits per heavy atom. The normalized spacial score (nSPS) is 35.2. The molecule has 1 aromatic rings. The Labute approximate surface area is 190 Å². The first-order valence-corrected chi connectivity index (χ1v) is 12.1. The maximum atomic E-state index is 12.5. The van der Waals surface area contributed by atoms with Crippen LogP contribution in [0.4, 0.5) is 4.79 Å².